The Morgan fingerprint density at radius 1 is 1.70 bits per heavy atom. The SMILES string of the molecule is CC(C)n1cc(Br)c(N)n1. The van der Waals surface area contributed by atoms with Crippen LogP contribution in [0.5, 0.6) is 0 Å². The third-order valence-electron chi connectivity index (χ3n) is 1.24. The average molecular weight is 204 g/mol. The lowest BCUT2D eigenvalue weighted by Gasteiger charge is -2.02. The molecule has 0 atom stereocenters. The Morgan fingerprint density at radius 3 is 2.50 bits per heavy atom. The highest BCUT2D eigenvalue weighted by molar-refractivity contribution is 9.10. The largest absolute Gasteiger partial charge is 0.381 e. The van der Waals surface area contributed by atoms with Crippen molar-refractivity contribution in [2.45, 2.75) is 19.9 Å². The summed E-state index contributed by atoms with van der Waals surface area (Å²) in [4.78, 5) is 0. The molecule has 10 heavy (non-hydrogen) atoms. The highest BCUT2D eigenvalue weighted by atomic mass is 79.9. The molecule has 0 bridgehead atoms. The molecule has 0 aliphatic heterocycles. The maximum absolute atomic E-state index is 5.50. The molecule has 0 saturated carbocycles. The van der Waals surface area contributed by atoms with Crippen LogP contribution < -0.4 is 5.73 Å². The van der Waals surface area contributed by atoms with Crippen LogP contribution >= 0.6 is 15.9 Å². The average Bonchev–Trinajstić information content (AvgIpc) is 2.13. The summed E-state index contributed by atoms with van der Waals surface area (Å²) >= 11 is 3.28. The molecule has 0 aliphatic rings. The van der Waals surface area contributed by atoms with Gasteiger partial charge in [-0.3, -0.25) is 4.68 Å². The van der Waals surface area contributed by atoms with Gasteiger partial charge in [-0.25, -0.2) is 0 Å². The van der Waals surface area contributed by atoms with Crippen molar-refractivity contribution in [2.75, 3.05) is 5.73 Å². The molecule has 3 nitrogen and oxygen atoms in total. The number of anilines is 1. The first-order chi connectivity index (χ1) is 4.61. The lowest BCUT2D eigenvalue weighted by atomic mass is 10.4. The minimum Gasteiger partial charge on any atom is -0.381 e. The van der Waals surface area contributed by atoms with Gasteiger partial charge in [-0.05, 0) is 29.8 Å². The minimum absolute atomic E-state index is 0.369. The summed E-state index contributed by atoms with van der Waals surface area (Å²) in [5.41, 5.74) is 5.50. The van der Waals surface area contributed by atoms with Crippen molar-refractivity contribution in [1.29, 1.82) is 0 Å². The summed E-state index contributed by atoms with van der Waals surface area (Å²) in [5, 5.41) is 4.06. The standard InChI is InChI=1S/C6H10BrN3/c1-4(2)10-3-5(7)6(8)9-10/h3-4H,1-2H3,(H2,8,9). The van der Waals surface area contributed by atoms with Crippen molar-refractivity contribution in [2.24, 2.45) is 0 Å². The van der Waals surface area contributed by atoms with Crippen LogP contribution in [0.1, 0.15) is 19.9 Å². The van der Waals surface area contributed by atoms with Gasteiger partial charge >= 0.3 is 0 Å². The van der Waals surface area contributed by atoms with Crippen molar-refractivity contribution in [1.82, 2.24) is 9.78 Å². The van der Waals surface area contributed by atoms with Gasteiger partial charge in [0.25, 0.3) is 0 Å². The van der Waals surface area contributed by atoms with Crippen LogP contribution in [-0.4, -0.2) is 9.78 Å². The van der Waals surface area contributed by atoms with E-state index in [-0.39, 0.29) is 0 Å². The molecular formula is C6H10BrN3. The molecule has 1 heterocycles. The number of nitrogen functional groups attached to an aromatic ring is 1. The number of rotatable bonds is 1. The van der Waals surface area contributed by atoms with Crippen LogP contribution in [0.4, 0.5) is 5.82 Å². The van der Waals surface area contributed by atoms with Crippen LogP contribution in [0.2, 0.25) is 0 Å². The maximum atomic E-state index is 5.50. The van der Waals surface area contributed by atoms with Gasteiger partial charge in [0.05, 0.1) is 4.47 Å². The molecule has 0 aromatic carbocycles. The second-order valence-electron chi connectivity index (χ2n) is 2.44. The molecule has 0 fully saturated rings. The van der Waals surface area contributed by atoms with Crippen molar-refractivity contribution in [3.8, 4) is 0 Å². The van der Waals surface area contributed by atoms with Gasteiger partial charge in [0, 0.05) is 12.2 Å². The molecule has 1 aromatic rings. The van der Waals surface area contributed by atoms with Crippen molar-refractivity contribution >= 4 is 21.7 Å². The third-order valence-corrected chi connectivity index (χ3v) is 1.85. The van der Waals surface area contributed by atoms with Gasteiger partial charge in [0.15, 0.2) is 5.82 Å². The van der Waals surface area contributed by atoms with Crippen LogP contribution in [0.25, 0.3) is 0 Å². The highest BCUT2D eigenvalue weighted by Crippen LogP contribution is 2.18. The monoisotopic (exact) mass is 203 g/mol. The highest BCUT2D eigenvalue weighted by Gasteiger charge is 2.03. The Hall–Kier alpha value is -0.510. The van der Waals surface area contributed by atoms with E-state index >= 15 is 0 Å². The number of aromatic nitrogens is 2. The zero-order chi connectivity index (χ0) is 7.72. The van der Waals surface area contributed by atoms with Gasteiger partial charge < -0.3 is 5.73 Å². The Morgan fingerprint density at radius 2 is 2.30 bits per heavy atom. The van der Waals surface area contributed by atoms with Gasteiger partial charge in [-0.2, -0.15) is 5.10 Å². The van der Waals surface area contributed by atoms with Crippen LogP contribution in [0.15, 0.2) is 10.7 Å². The predicted octanol–water partition coefficient (Wildman–Crippen LogP) is 1.81. The summed E-state index contributed by atoms with van der Waals surface area (Å²) in [7, 11) is 0. The van der Waals surface area contributed by atoms with Crippen LogP contribution in [0, 0.1) is 0 Å². The fourth-order valence-corrected chi connectivity index (χ4v) is 0.937. The number of nitrogens with zero attached hydrogens (tertiary/aromatic N) is 2. The van der Waals surface area contributed by atoms with E-state index in [2.05, 4.69) is 34.9 Å². The lowest BCUT2D eigenvalue weighted by Crippen LogP contribution is -2.01. The quantitative estimate of drug-likeness (QED) is 0.757. The topological polar surface area (TPSA) is 43.8 Å². The molecule has 0 unspecified atom stereocenters. The molecule has 0 radical (unpaired) electrons. The van der Waals surface area contributed by atoms with Gasteiger partial charge in [0.2, 0.25) is 0 Å². The van der Waals surface area contributed by atoms with Crippen molar-refractivity contribution < 1.29 is 0 Å². The first kappa shape index (κ1) is 7.60. The van der Waals surface area contributed by atoms with E-state index in [0.717, 1.165) is 4.47 Å². The van der Waals surface area contributed by atoms with E-state index in [0.29, 0.717) is 11.9 Å². The number of halogens is 1. The lowest BCUT2D eigenvalue weighted by molar-refractivity contribution is 0.534. The van der Waals surface area contributed by atoms with Gasteiger partial charge in [0.1, 0.15) is 0 Å². The Balaban J connectivity index is 2.98. The van der Waals surface area contributed by atoms with E-state index in [9.17, 15) is 0 Å². The predicted molar refractivity (Wildman–Crippen MR) is 44.7 cm³/mol. The van der Waals surface area contributed by atoms with Crippen molar-refractivity contribution in [3.05, 3.63) is 10.7 Å². The Bertz CT molecular complexity index is 209. The summed E-state index contributed by atoms with van der Waals surface area (Å²) in [6, 6.07) is 0.369. The Labute approximate surface area is 68.3 Å². The van der Waals surface area contributed by atoms with E-state index in [1.165, 1.54) is 0 Å². The fraction of sp³-hybridized carbons (Fsp3) is 0.500. The smallest absolute Gasteiger partial charge is 0.159 e. The molecule has 0 amide bonds. The third kappa shape index (κ3) is 1.31. The first-order valence-electron chi connectivity index (χ1n) is 3.11. The molecule has 1 aromatic heterocycles. The number of nitrogens with two attached hydrogens (primary N) is 1. The molecule has 56 valence electrons. The number of hydrogen-bond donors (Lipinski definition) is 1. The summed E-state index contributed by atoms with van der Waals surface area (Å²) < 4.78 is 2.68. The molecular weight excluding hydrogens is 194 g/mol. The normalized spacial score (nSPS) is 10.8. The van der Waals surface area contributed by atoms with E-state index < -0.39 is 0 Å². The molecule has 1 rings (SSSR count). The van der Waals surface area contributed by atoms with E-state index in [1.54, 1.807) is 0 Å². The van der Waals surface area contributed by atoms with Crippen LogP contribution in [-0.2, 0) is 0 Å². The maximum Gasteiger partial charge on any atom is 0.159 e. The fourth-order valence-electron chi connectivity index (χ4n) is 0.648. The van der Waals surface area contributed by atoms with Gasteiger partial charge in [-0.1, -0.05) is 0 Å². The molecule has 2 N–H and O–H groups in total. The van der Waals surface area contributed by atoms with E-state index in [4.69, 9.17) is 5.73 Å². The summed E-state index contributed by atoms with van der Waals surface area (Å²) in [5.74, 6) is 0.550. The minimum atomic E-state index is 0.369. The zero-order valence-corrected chi connectivity index (χ0v) is 7.59. The second-order valence-corrected chi connectivity index (χ2v) is 3.29. The second kappa shape index (κ2) is 2.62. The molecule has 4 heteroatoms. The summed E-state index contributed by atoms with van der Waals surface area (Å²) in [6.07, 6.45) is 1.88. The van der Waals surface area contributed by atoms with Gasteiger partial charge in [-0.15, -0.1) is 0 Å². The van der Waals surface area contributed by atoms with Crippen molar-refractivity contribution in [3.63, 3.8) is 0 Å². The Kier molecular flexibility index (Phi) is 1.99. The molecule has 0 spiro atoms. The number of hydrogen-bond acceptors (Lipinski definition) is 2. The summed E-state index contributed by atoms with van der Waals surface area (Å²) in [6.45, 7) is 4.11. The molecule has 0 saturated heterocycles. The molecule has 0 aliphatic carbocycles. The van der Waals surface area contributed by atoms with E-state index in [1.807, 2.05) is 10.9 Å². The first-order valence-corrected chi connectivity index (χ1v) is 3.90. The zero-order valence-electron chi connectivity index (χ0n) is 6.00. The van der Waals surface area contributed by atoms with Crippen LogP contribution in [0.3, 0.4) is 0 Å².